The molecule has 0 bridgehead atoms. The summed E-state index contributed by atoms with van der Waals surface area (Å²) >= 11 is 0. The van der Waals surface area contributed by atoms with E-state index in [4.69, 9.17) is 5.10 Å². The van der Waals surface area contributed by atoms with Crippen molar-refractivity contribution < 1.29 is 4.79 Å². The van der Waals surface area contributed by atoms with Gasteiger partial charge in [-0.1, -0.05) is 31.5 Å². The van der Waals surface area contributed by atoms with Crippen molar-refractivity contribution in [1.29, 1.82) is 0 Å². The van der Waals surface area contributed by atoms with Crippen molar-refractivity contribution in [2.24, 2.45) is 5.92 Å². The molecule has 1 saturated heterocycles. The Balaban J connectivity index is 1.57. The fraction of sp³-hybridized carbons (Fsp3) is 0.538. The predicted molar refractivity (Wildman–Crippen MR) is 133 cm³/mol. The van der Waals surface area contributed by atoms with Crippen LogP contribution in [0.25, 0.3) is 16.6 Å². The van der Waals surface area contributed by atoms with Gasteiger partial charge in [0, 0.05) is 31.5 Å². The van der Waals surface area contributed by atoms with Crippen LogP contribution < -0.4 is 10.2 Å². The lowest BCUT2D eigenvalue weighted by Crippen LogP contribution is -2.39. The number of hydrogen-bond donors (Lipinski definition) is 1. The maximum atomic E-state index is 12.9. The van der Waals surface area contributed by atoms with Crippen LogP contribution in [0.1, 0.15) is 56.5 Å². The number of nitrogens with zero attached hydrogens (tertiary/aromatic N) is 5. The lowest BCUT2D eigenvalue weighted by Gasteiger charge is -2.32. The second kappa shape index (κ2) is 10.00. The molecule has 1 atom stereocenters. The van der Waals surface area contributed by atoms with Gasteiger partial charge in [0.1, 0.15) is 11.3 Å². The summed E-state index contributed by atoms with van der Waals surface area (Å²) in [7, 11) is 0. The number of piperidine rings is 1. The molecule has 2 aromatic heterocycles. The maximum absolute atomic E-state index is 12.9. The molecule has 0 spiro atoms. The van der Waals surface area contributed by atoms with Crippen molar-refractivity contribution >= 4 is 22.5 Å². The zero-order chi connectivity index (χ0) is 23.5. The van der Waals surface area contributed by atoms with Gasteiger partial charge in [-0.15, -0.1) is 5.10 Å². The van der Waals surface area contributed by atoms with Gasteiger partial charge in [-0.3, -0.25) is 4.79 Å². The van der Waals surface area contributed by atoms with E-state index in [0.29, 0.717) is 24.8 Å². The number of aromatic nitrogens is 4. The van der Waals surface area contributed by atoms with Crippen LogP contribution in [-0.4, -0.2) is 51.4 Å². The van der Waals surface area contributed by atoms with Crippen LogP contribution in [0.4, 0.5) is 5.82 Å². The third-order valence-electron chi connectivity index (χ3n) is 6.59. The maximum Gasteiger partial charge on any atom is 0.179 e. The summed E-state index contributed by atoms with van der Waals surface area (Å²) < 4.78 is 1.98. The Morgan fingerprint density at radius 1 is 1.15 bits per heavy atom. The Bertz CT molecular complexity index is 1120. The van der Waals surface area contributed by atoms with E-state index in [-0.39, 0.29) is 5.92 Å². The highest BCUT2D eigenvalue weighted by molar-refractivity contribution is 5.92. The monoisotopic (exact) mass is 448 g/mol. The number of aryl methyl sites for hydroxylation is 3. The smallest absolute Gasteiger partial charge is 0.179 e. The van der Waals surface area contributed by atoms with E-state index >= 15 is 0 Å². The minimum atomic E-state index is 0.0521. The summed E-state index contributed by atoms with van der Waals surface area (Å²) in [5, 5.41) is 18.5. The van der Waals surface area contributed by atoms with Crippen molar-refractivity contribution in [3.63, 3.8) is 0 Å². The van der Waals surface area contributed by atoms with Gasteiger partial charge in [0.05, 0.1) is 22.5 Å². The van der Waals surface area contributed by atoms with E-state index in [9.17, 15) is 4.79 Å². The van der Waals surface area contributed by atoms with Gasteiger partial charge in [0.25, 0.3) is 0 Å². The number of fused-ring (bicyclic) bond motifs is 1. The van der Waals surface area contributed by atoms with Crippen molar-refractivity contribution in [3.05, 3.63) is 41.2 Å². The second-order valence-corrected chi connectivity index (χ2v) is 9.63. The standard InChI is InChI=1S/C26H36N6O/c1-17(2)27-14-6-9-23(33)21-8-7-15-31(16-21)26-25-24(19(4)28-29-26)20(5)32(30-25)22-12-10-18(3)11-13-22/h10-13,17,21,27H,6-9,14-16H2,1-5H3. The highest BCUT2D eigenvalue weighted by Crippen LogP contribution is 2.32. The van der Waals surface area contributed by atoms with E-state index in [1.165, 1.54) is 5.56 Å². The summed E-state index contributed by atoms with van der Waals surface area (Å²) in [6.45, 7) is 12.9. The molecular formula is C26H36N6O. The molecule has 1 fully saturated rings. The summed E-state index contributed by atoms with van der Waals surface area (Å²) in [5.41, 5.74) is 5.06. The van der Waals surface area contributed by atoms with Crippen molar-refractivity contribution in [3.8, 4) is 5.69 Å². The van der Waals surface area contributed by atoms with Crippen LogP contribution in [0.3, 0.4) is 0 Å². The molecule has 3 aromatic rings. The number of rotatable bonds is 8. The van der Waals surface area contributed by atoms with E-state index in [2.05, 4.69) is 72.4 Å². The fourth-order valence-corrected chi connectivity index (χ4v) is 4.75. The average molecular weight is 449 g/mol. The minimum absolute atomic E-state index is 0.0521. The molecule has 4 rings (SSSR count). The number of Topliss-reactive ketones (excluding diaryl/α,β-unsaturated/α-hetero) is 1. The molecule has 1 aromatic carbocycles. The van der Waals surface area contributed by atoms with Crippen LogP contribution in [-0.2, 0) is 4.79 Å². The van der Waals surface area contributed by atoms with Gasteiger partial charge < -0.3 is 10.2 Å². The van der Waals surface area contributed by atoms with Crippen LogP contribution in [0.2, 0.25) is 0 Å². The second-order valence-electron chi connectivity index (χ2n) is 9.63. The molecule has 1 N–H and O–H groups in total. The van der Waals surface area contributed by atoms with Gasteiger partial charge in [-0.25, -0.2) is 4.68 Å². The van der Waals surface area contributed by atoms with E-state index in [1.807, 2.05) is 11.6 Å². The fourth-order valence-electron chi connectivity index (χ4n) is 4.75. The molecule has 1 aliphatic rings. The van der Waals surface area contributed by atoms with Crippen LogP contribution in [0, 0.1) is 26.7 Å². The van der Waals surface area contributed by atoms with Crippen LogP contribution >= 0.6 is 0 Å². The van der Waals surface area contributed by atoms with Crippen molar-refractivity contribution in [2.45, 2.75) is 66.3 Å². The van der Waals surface area contributed by atoms with Crippen LogP contribution in [0.5, 0.6) is 0 Å². The Kier molecular flexibility index (Phi) is 7.08. The van der Waals surface area contributed by atoms with E-state index in [0.717, 1.165) is 66.1 Å². The molecule has 7 heteroatoms. The molecule has 176 valence electrons. The highest BCUT2D eigenvalue weighted by atomic mass is 16.1. The summed E-state index contributed by atoms with van der Waals surface area (Å²) in [5.74, 6) is 1.21. The average Bonchev–Trinajstić information content (AvgIpc) is 3.15. The topological polar surface area (TPSA) is 75.9 Å². The summed E-state index contributed by atoms with van der Waals surface area (Å²) in [6.07, 6.45) is 3.46. The van der Waals surface area contributed by atoms with Crippen molar-refractivity contribution in [1.82, 2.24) is 25.3 Å². The van der Waals surface area contributed by atoms with Gasteiger partial charge >= 0.3 is 0 Å². The normalized spacial score (nSPS) is 16.7. The van der Waals surface area contributed by atoms with Gasteiger partial charge in [-0.05, 0) is 58.7 Å². The molecule has 7 nitrogen and oxygen atoms in total. The zero-order valence-corrected chi connectivity index (χ0v) is 20.6. The molecular weight excluding hydrogens is 412 g/mol. The molecule has 0 saturated carbocycles. The SMILES string of the molecule is Cc1ccc(-n2nc3c(N4CCCC(C(=O)CCCNC(C)C)C4)nnc(C)c3c2C)cc1. The minimum Gasteiger partial charge on any atom is -0.353 e. The summed E-state index contributed by atoms with van der Waals surface area (Å²) in [4.78, 5) is 15.1. The summed E-state index contributed by atoms with van der Waals surface area (Å²) in [6, 6.07) is 8.84. The lowest BCUT2D eigenvalue weighted by molar-refractivity contribution is -0.123. The van der Waals surface area contributed by atoms with Gasteiger partial charge in [-0.2, -0.15) is 10.2 Å². The molecule has 3 heterocycles. The molecule has 0 aliphatic carbocycles. The van der Waals surface area contributed by atoms with E-state index < -0.39 is 0 Å². The van der Waals surface area contributed by atoms with E-state index in [1.54, 1.807) is 0 Å². The quantitative estimate of drug-likeness (QED) is 0.518. The number of carbonyl (C=O) groups is 1. The molecule has 0 amide bonds. The Morgan fingerprint density at radius 3 is 2.64 bits per heavy atom. The molecule has 1 unspecified atom stereocenters. The zero-order valence-electron chi connectivity index (χ0n) is 20.6. The third-order valence-corrected chi connectivity index (χ3v) is 6.59. The van der Waals surface area contributed by atoms with Crippen molar-refractivity contribution in [2.75, 3.05) is 24.5 Å². The lowest BCUT2D eigenvalue weighted by atomic mass is 9.91. The van der Waals surface area contributed by atoms with Gasteiger partial charge in [0.15, 0.2) is 5.82 Å². The third kappa shape index (κ3) is 5.08. The first-order valence-corrected chi connectivity index (χ1v) is 12.2. The first kappa shape index (κ1) is 23.4. The first-order chi connectivity index (χ1) is 15.8. The number of carbonyl (C=O) groups excluding carboxylic acids is 1. The number of hydrogen-bond acceptors (Lipinski definition) is 6. The van der Waals surface area contributed by atoms with Gasteiger partial charge in [0.2, 0.25) is 0 Å². The molecule has 0 radical (unpaired) electrons. The number of anilines is 1. The highest BCUT2D eigenvalue weighted by Gasteiger charge is 2.29. The number of ketones is 1. The Morgan fingerprint density at radius 2 is 1.91 bits per heavy atom. The molecule has 1 aliphatic heterocycles. The molecule has 33 heavy (non-hydrogen) atoms. The Labute approximate surface area is 196 Å². The number of nitrogens with one attached hydrogen (secondary N) is 1. The number of benzene rings is 1. The largest absolute Gasteiger partial charge is 0.353 e. The Hall–Kier alpha value is -2.80. The predicted octanol–water partition coefficient (Wildman–Crippen LogP) is 4.30. The van der Waals surface area contributed by atoms with Crippen LogP contribution in [0.15, 0.2) is 24.3 Å². The first-order valence-electron chi connectivity index (χ1n) is 12.2.